The van der Waals surface area contributed by atoms with E-state index in [1.165, 1.54) is 23.0 Å². The van der Waals surface area contributed by atoms with Crippen molar-refractivity contribution in [1.82, 2.24) is 19.6 Å². The van der Waals surface area contributed by atoms with Crippen molar-refractivity contribution in [2.24, 2.45) is 0 Å². The minimum absolute atomic E-state index is 0.331. The van der Waals surface area contributed by atoms with Gasteiger partial charge < -0.3 is 0 Å². The Labute approximate surface area is 114 Å². The zero-order valence-corrected chi connectivity index (χ0v) is 10.7. The lowest BCUT2D eigenvalue weighted by Crippen LogP contribution is -2.08. The van der Waals surface area contributed by atoms with Gasteiger partial charge in [-0.05, 0) is 30.7 Å². The third kappa shape index (κ3) is 1.99. The van der Waals surface area contributed by atoms with Crippen molar-refractivity contribution in [1.29, 1.82) is 5.26 Å². The van der Waals surface area contributed by atoms with E-state index in [0.29, 0.717) is 17.0 Å². The standard InChI is InChI=1S/C14H10FN5/c1-9-6-13(20-14(19-9)17-8-18-20)12(7-16)10-2-4-11(15)5-3-10/h2-6,8,12H,1H3/t12-/m1/s1. The first-order valence-corrected chi connectivity index (χ1v) is 6.01. The smallest absolute Gasteiger partial charge is 0.216 e. The van der Waals surface area contributed by atoms with Crippen molar-refractivity contribution in [3.8, 4) is 6.07 Å². The molecule has 6 heteroatoms. The highest BCUT2D eigenvalue weighted by Gasteiger charge is 2.18. The minimum Gasteiger partial charge on any atom is -0.216 e. The second kappa shape index (κ2) is 4.70. The zero-order valence-electron chi connectivity index (χ0n) is 10.7. The Kier molecular flexibility index (Phi) is 2.88. The molecule has 0 fully saturated rings. The van der Waals surface area contributed by atoms with Gasteiger partial charge in [0.2, 0.25) is 0 Å². The molecule has 2 aromatic heterocycles. The summed E-state index contributed by atoms with van der Waals surface area (Å²) in [5, 5.41) is 13.6. The number of aryl methyl sites for hydroxylation is 1. The Bertz CT molecular complexity index is 801. The fourth-order valence-electron chi connectivity index (χ4n) is 2.13. The van der Waals surface area contributed by atoms with Crippen LogP contribution in [0.2, 0.25) is 0 Å². The van der Waals surface area contributed by atoms with E-state index in [0.717, 1.165) is 5.69 Å². The quantitative estimate of drug-likeness (QED) is 0.714. The summed E-state index contributed by atoms with van der Waals surface area (Å²) >= 11 is 0. The molecule has 0 unspecified atom stereocenters. The number of benzene rings is 1. The molecule has 5 nitrogen and oxygen atoms in total. The number of aromatic nitrogens is 4. The topological polar surface area (TPSA) is 66.9 Å². The number of hydrogen-bond donors (Lipinski definition) is 0. The summed E-state index contributed by atoms with van der Waals surface area (Å²) in [5.41, 5.74) is 2.12. The van der Waals surface area contributed by atoms with Gasteiger partial charge in [0.1, 0.15) is 18.1 Å². The van der Waals surface area contributed by atoms with Gasteiger partial charge in [-0.15, -0.1) is 0 Å². The molecule has 0 saturated carbocycles. The number of nitriles is 1. The molecule has 1 aromatic carbocycles. The molecule has 0 N–H and O–H groups in total. The molecule has 0 amide bonds. The molecule has 1 atom stereocenters. The zero-order chi connectivity index (χ0) is 14.1. The molecule has 2 heterocycles. The highest BCUT2D eigenvalue weighted by atomic mass is 19.1. The highest BCUT2D eigenvalue weighted by molar-refractivity contribution is 5.40. The summed E-state index contributed by atoms with van der Waals surface area (Å²) in [6, 6.07) is 9.89. The van der Waals surface area contributed by atoms with Crippen LogP contribution >= 0.6 is 0 Å². The lowest BCUT2D eigenvalue weighted by molar-refractivity contribution is 0.626. The first-order chi connectivity index (χ1) is 9.69. The summed E-state index contributed by atoms with van der Waals surface area (Å²) in [7, 11) is 0. The van der Waals surface area contributed by atoms with E-state index < -0.39 is 5.92 Å². The van der Waals surface area contributed by atoms with Gasteiger partial charge >= 0.3 is 0 Å². The fraction of sp³-hybridized carbons (Fsp3) is 0.143. The van der Waals surface area contributed by atoms with E-state index in [1.807, 2.05) is 6.92 Å². The van der Waals surface area contributed by atoms with E-state index in [4.69, 9.17) is 0 Å². The second-order valence-corrected chi connectivity index (χ2v) is 4.41. The molecule has 3 aromatic rings. The summed E-state index contributed by atoms with van der Waals surface area (Å²) < 4.78 is 14.5. The second-order valence-electron chi connectivity index (χ2n) is 4.41. The molecule has 0 aliphatic carbocycles. The van der Waals surface area contributed by atoms with Crippen LogP contribution < -0.4 is 0 Å². The number of halogens is 1. The van der Waals surface area contributed by atoms with Gasteiger partial charge in [-0.3, -0.25) is 0 Å². The van der Waals surface area contributed by atoms with Crippen molar-refractivity contribution < 1.29 is 4.39 Å². The highest BCUT2D eigenvalue weighted by Crippen LogP contribution is 2.24. The van der Waals surface area contributed by atoms with Crippen molar-refractivity contribution in [2.45, 2.75) is 12.8 Å². The van der Waals surface area contributed by atoms with Crippen LogP contribution in [0.1, 0.15) is 22.9 Å². The predicted molar refractivity (Wildman–Crippen MR) is 69.4 cm³/mol. The average Bonchev–Trinajstić information content (AvgIpc) is 2.89. The summed E-state index contributed by atoms with van der Waals surface area (Å²) in [4.78, 5) is 8.28. The van der Waals surface area contributed by atoms with Crippen molar-refractivity contribution in [3.63, 3.8) is 0 Å². The Morgan fingerprint density at radius 3 is 2.75 bits per heavy atom. The Morgan fingerprint density at radius 2 is 2.05 bits per heavy atom. The number of hydrogen-bond acceptors (Lipinski definition) is 4. The van der Waals surface area contributed by atoms with Crippen LogP contribution in [0.5, 0.6) is 0 Å². The Hall–Kier alpha value is -2.81. The number of rotatable bonds is 2. The van der Waals surface area contributed by atoms with E-state index in [-0.39, 0.29) is 5.82 Å². The lowest BCUT2D eigenvalue weighted by atomic mass is 9.96. The molecular formula is C14H10FN5. The first kappa shape index (κ1) is 12.2. The predicted octanol–water partition coefficient (Wildman–Crippen LogP) is 2.23. The third-order valence-electron chi connectivity index (χ3n) is 3.04. The SMILES string of the molecule is Cc1cc([C@H](C#N)c2ccc(F)cc2)n2ncnc2n1. The van der Waals surface area contributed by atoms with Crippen molar-refractivity contribution in [2.75, 3.05) is 0 Å². The van der Waals surface area contributed by atoms with Gasteiger partial charge in [0.25, 0.3) is 5.78 Å². The van der Waals surface area contributed by atoms with E-state index >= 15 is 0 Å². The Balaban J connectivity index is 2.19. The molecule has 3 rings (SSSR count). The van der Waals surface area contributed by atoms with Crippen molar-refractivity contribution in [3.05, 3.63) is 59.4 Å². The van der Waals surface area contributed by atoms with Gasteiger partial charge in [-0.2, -0.15) is 19.9 Å². The first-order valence-electron chi connectivity index (χ1n) is 6.01. The minimum atomic E-state index is -0.554. The van der Waals surface area contributed by atoms with E-state index in [9.17, 15) is 9.65 Å². The van der Waals surface area contributed by atoms with Crippen LogP contribution in [-0.2, 0) is 0 Å². The maximum Gasteiger partial charge on any atom is 0.252 e. The molecule has 0 spiro atoms. The van der Waals surface area contributed by atoms with Gasteiger partial charge in [-0.1, -0.05) is 12.1 Å². The lowest BCUT2D eigenvalue weighted by Gasteiger charge is -2.11. The molecule has 0 radical (unpaired) electrons. The summed E-state index contributed by atoms with van der Waals surface area (Å²) in [5.74, 6) is -0.439. The fourth-order valence-corrected chi connectivity index (χ4v) is 2.13. The largest absolute Gasteiger partial charge is 0.252 e. The van der Waals surface area contributed by atoms with Crippen LogP contribution in [0.25, 0.3) is 5.78 Å². The van der Waals surface area contributed by atoms with Crippen LogP contribution in [0.15, 0.2) is 36.7 Å². The molecule has 0 bridgehead atoms. The molecular weight excluding hydrogens is 257 g/mol. The molecule has 0 saturated heterocycles. The molecule has 0 aliphatic heterocycles. The molecule has 0 aliphatic rings. The maximum atomic E-state index is 13.0. The van der Waals surface area contributed by atoms with Gasteiger partial charge in [0.05, 0.1) is 11.8 Å². The van der Waals surface area contributed by atoms with Crippen LogP contribution in [0, 0.1) is 24.1 Å². The van der Waals surface area contributed by atoms with Crippen LogP contribution in [0.3, 0.4) is 0 Å². The van der Waals surface area contributed by atoms with Crippen molar-refractivity contribution >= 4 is 5.78 Å². The van der Waals surface area contributed by atoms with Gasteiger partial charge in [-0.25, -0.2) is 9.37 Å². The van der Waals surface area contributed by atoms with Crippen LogP contribution in [-0.4, -0.2) is 19.6 Å². The van der Waals surface area contributed by atoms with Gasteiger partial charge in [0, 0.05) is 5.69 Å². The average molecular weight is 267 g/mol. The van der Waals surface area contributed by atoms with E-state index in [1.54, 1.807) is 18.2 Å². The van der Waals surface area contributed by atoms with Gasteiger partial charge in [0.15, 0.2) is 0 Å². The number of nitrogens with zero attached hydrogens (tertiary/aromatic N) is 5. The third-order valence-corrected chi connectivity index (χ3v) is 3.04. The monoisotopic (exact) mass is 267 g/mol. The normalized spacial score (nSPS) is 12.2. The molecule has 98 valence electrons. The summed E-state index contributed by atoms with van der Waals surface area (Å²) in [6.45, 7) is 1.83. The summed E-state index contributed by atoms with van der Waals surface area (Å²) in [6.07, 6.45) is 1.39. The molecule has 20 heavy (non-hydrogen) atoms. The van der Waals surface area contributed by atoms with Crippen LogP contribution in [0.4, 0.5) is 4.39 Å². The van der Waals surface area contributed by atoms with E-state index in [2.05, 4.69) is 21.1 Å². The number of fused-ring (bicyclic) bond motifs is 1. The maximum absolute atomic E-state index is 13.0. The Morgan fingerprint density at radius 1 is 1.30 bits per heavy atom.